The third kappa shape index (κ3) is 3.32. The van der Waals surface area contributed by atoms with E-state index in [0.717, 1.165) is 11.1 Å². The van der Waals surface area contributed by atoms with Gasteiger partial charge >= 0.3 is 0 Å². The minimum absolute atomic E-state index is 0.0358. The van der Waals surface area contributed by atoms with Crippen LogP contribution in [0.25, 0.3) is 0 Å². The van der Waals surface area contributed by atoms with E-state index in [1.807, 2.05) is 12.1 Å². The van der Waals surface area contributed by atoms with Gasteiger partial charge in [0.2, 0.25) is 0 Å². The predicted molar refractivity (Wildman–Crippen MR) is 85.2 cm³/mol. The summed E-state index contributed by atoms with van der Waals surface area (Å²) in [4.78, 5) is 25.4. The Labute approximate surface area is 134 Å². The zero-order valence-electron chi connectivity index (χ0n) is 13.2. The molecule has 23 heavy (non-hydrogen) atoms. The van der Waals surface area contributed by atoms with E-state index in [0.29, 0.717) is 13.2 Å². The predicted octanol–water partition coefficient (Wildman–Crippen LogP) is 0.994. The number of rotatable bonds is 3. The molecule has 1 aliphatic heterocycles. The maximum absolute atomic E-state index is 12.4. The van der Waals surface area contributed by atoms with Crippen molar-refractivity contribution in [2.24, 2.45) is 7.05 Å². The van der Waals surface area contributed by atoms with Crippen molar-refractivity contribution in [1.82, 2.24) is 14.7 Å². The van der Waals surface area contributed by atoms with Crippen LogP contribution in [-0.2, 0) is 24.8 Å². The fourth-order valence-corrected chi connectivity index (χ4v) is 2.73. The summed E-state index contributed by atoms with van der Waals surface area (Å²) in [6.45, 7) is 1.05. The number of benzene rings is 1. The lowest BCUT2D eigenvalue weighted by atomic mass is 9.99. The summed E-state index contributed by atoms with van der Waals surface area (Å²) in [7, 11) is 3.25. The van der Waals surface area contributed by atoms with Gasteiger partial charge in [-0.2, -0.15) is 5.10 Å². The first-order valence-electron chi connectivity index (χ1n) is 7.53. The molecular formula is C17H19N3O3. The molecule has 2 heterocycles. The molecule has 0 unspecified atom stereocenters. The zero-order chi connectivity index (χ0) is 16.4. The Hall–Kier alpha value is -2.47. The highest BCUT2D eigenvalue weighted by Crippen LogP contribution is 2.20. The molecule has 0 fully saturated rings. The van der Waals surface area contributed by atoms with Crippen LogP contribution >= 0.6 is 0 Å². The Bertz CT molecular complexity index is 785. The molecule has 0 spiro atoms. The van der Waals surface area contributed by atoms with Crippen molar-refractivity contribution in [2.75, 3.05) is 13.6 Å². The highest BCUT2D eigenvalue weighted by atomic mass is 16.5. The third-order valence-electron chi connectivity index (χ3n) is 4.04. The summed E-state index contributed by atoms with van der Waals surface area (Å²) in [6.07, 6.45) is 0.750. The van der Waals surface area contributed by atoms with E-state index in [1.165, 1.54) is 30.3 Å². The highest BCUT2D eigenvalue weighted by molar-refractivity contribution is 5.91. The Morgan fingerprint density at radius 2 is 2.04 bits per heavy atom. The van der Waals surface area contributed by atoms with E-state index in [-0.39, 0.29) is 23.3 Å². The highest BCUT2D eigenvalue weighted by Gasteiger charge is 2.23. The molecule has 0 bridgehead atoms. The van der Waals surface area contributed by atoms with Gasteiger partial charge < -0.3 is 9.64 Å². The van der Waals surface area contributed by atoms with Crippen LogP contribution in [0.2, 0.25) is 0 Å². The molecule has 120 valence electrons. The number of aryl methyl sites for hydroxylation is 1. The SMILES string of the molecule is CN(C[C@H]1Cc2ccccc2CO1)C(=O)c1ccc(=O)n(C)n1. The Morgan fingerprint density at radius 1 is 1.30 bits per heavy atom. The van der Waals surface area contributed by atoms with E-state index < -0.39 is 0 Å². The third-order valence-corrected chi connectivity index (χ3v) is 4.04. The topological polar surface area (TPSA) is 64.4 Å². The minimum Gasteiger partial charge on any atom is -0.371 e. The fraction of sp³-hybridized carbons (Fsp3) is 0.353. The molecule has 1 aliphatic rings. The molecule has 0 saturated carbocycles. The molecule has 0 saturated heterocycles. The molecule has 1 aromatic heterocycles. The van der Waals surface area contributed by atoms with Gasteiger partial charge in [-0.3, -0.25) is 9.59 Å². The van der Waals surface area contributed by atoms with Gasteiger partial charge in [0.1, 0.15) is 5.69 Å². The number of carbonyl (C=O) groups excluding carboxylic acids is 1. The van der Waals surface area contributed by atoms with Gasteiger partial charge in [-0.05, 0) is 17.2 Å². The van der Waals surface area contributed by atoms with E-state index in [4.69, 9.17) is 4.74 Å². The minimum atomic E-state index is -0.239. The standard InChI is InChI=1S/C17H19N3O3/c1-19(17(22)15-7-8-16(21)20(2)18-15)10-14-9-12-5-3-4-6-13(12)11-23-14/h3-8,14H,9-11H2,1-2H3/t14-/m1/s1. The van der Waals surface area contributed by atoms with Gasteiger partial charge in [-0.15, -0.1) is 0 Å². The lowest BCUT2D eigenvalue weighted by molar-refractivity contribution is 0.00967. The van der Waals surface area contributed by atoms with Crippen molar-refractivity contribution in [3.8, 4) is 0 Å². The normalized spacial score (nSPS) is 16.7. The molecule has 6 nitrogen and oxygen atoms in total. The average molecular weight is 313 g/mol. The summed E-state index contributed by atoms with van der Waals surface area (Å²) < 4.78 is 7.00. The smallest absolute Gasteiger partial charge is 0.274 e. The van der Waals surface area contributed by atoms with Gasteiger partial charge in [0, 0.05) is 33.1 Å². The Balaban J connectivity index is 1.67. The molecule has 1 amide bonds. The monoisotopic (exact) mass is 313 g/mol. The molecule has 6 heteroatoms. The summed E-state index contributed by atoms with van der Waals surface area (Å²) in [5, 5.41) is 3.99. The van der Waals surface area contributed by atoms with Crippen molar-refractivity contribution >= 4 is 5.91 Å². The molecule has 2 aromatic rings. The van der Waals surface area contributed by atoms with E-state index in [1.54, 1.807) is 11.9 Å². The number of aromatic nitrogens is 2. The number of hydrogen-bond acceptors (Lipinski definition) is 4. The molecule has 1 atom stereocenters. The zero-order valence-corrected chi connectivity index (χ0v) is 13.2. The van der Waals surface area contributed by atoms with Crippen LogP contribution in [0, 0.1) is 0 Å². The van der Waals surface area contributed by atoms with Gasteiger partial charge in [0.15, 0.2) is 0 Å². The number of hydrogen-bond donors (Lipinski definition) is 0. The van der Waals surface area contributed by atoms with Crippen LogP contribution in [0.5, 0.6) is 0 Å². The molecule has 0 N–H and O–H groups in total. The molecule has 0 aliphatic carbocycles. The molecule has 0 radical (unpaired) electrons. The number of ether oxygens (including phenoxy) is 1. The first-order chi connectivity index (χ1) is 11.0. The van der Waals surface area contributed by atoms with E-state index in [9.17, 15) is 9.59 Å². The second kappa shape index (κ2) is 6.34. The lowest BCUT2D eigenvalue weighted by Gasteiger charge is -2.28. The number of carbonyl (C=O) groups is 1. The van der Waals surface area contributed by atoms with Crippen LogP contribution in [0.1, 0.15) is 21.6 Å². The Morgan fingerprint density at radius 3 is 2.78 bits per heavy atom. The van der Waals surface area contributed by atoms with Gasteiger partial charge in [0.05, 0.1) is 12.7 Å². The summed E-state index contributed by atoms with van der Waals surface area (Å²) in [6, 6.07) is 11.0. The van der Waals surface area contributed by atoms with Gasteiger partial charge in [-0.25, -0.2) is 4.68 Å². The van der Waals surface area contributed by atoms with Crippen LogP contribution in [0.4, 0.5) is 0 Å². The second-order valence-corrected chi connectivity index (χ2v) is 5.77. The van der Waals surface area contributed by atoms with Crippen molar-refractivity contribution in [2.45, 2.75) is 19.1 Å². The number of amides is 1. The van der Waals surface area contributed by atoms with E-state index >= 15 is 0 Å². The van der Waals surface area contributed by atoms with Crippen molar-refractivity contribution < 1.29 is 9.53 Å². The largest absolute Gasteiger partial charge is 0.371 e. The second-order valence-electron chi connectivity index (χ2n) is 5.77. The first kappa shape index (κ1) is 15.4. The molecular weight excluding hydrogens is 294 g/mol. The van der Waals surface area contributed by atoms with Crippen LogP contribution in [0.3, 0.4) is 0 Å². The summed E-state index contributed by atoms with van der Waals surface area (Å²) >= 11 is 0. The molecule has 1 aromatic carbocycles. The van der Waals surface area contributed by atoms with Gasteiger partial charge in [0.25, 0.3) is 11.5 Å². The number of nitrogens with zero attached hydrogens (tertiary/aromatic N) is 3. The fourth-order valence-electron chi connectivity index (χ4n) is 2.73. The lowest BCUT2D eigenvalue weighted by Crippen LogP contribution is -2.39. The van der Waals surface area contributed by atoms with Crippen LogP contribution < -0.4 is 5.56 Å². The summed E-state index contributed by atoms with van der Waals surface area (Å²) in [5.74, 6) is -0.219. The summed E-state index contributed by atoms with van der Waals surface area (Å²) in [5.41, 5.74) is 2.49. The average Bonchev–Trinajstić information content (AvgIpc) is 2.56. The van der Waals surface area contributed by atoms with Crippen LogP contribution in [-0.4, -0.2) is 40.3 Å². The maximum Gasteiger partial charge on any atom is 0.274 e. The maximum atomic E-state index is 12.4. The van der Waals surface area contributed by atoms with Gasteiger partial charge in [-0.1, -0.05) is 24.3 Å². The Kier molecular flexibility index (Phi) is 4.25. The number of likely N-dealkylation sites (N-methyl/N-ethyl adjacent to an activating group) is 1. The van der Waals surface area contributed by atoms with E-state index in [2.05, 4.69) is 17.2 Å². The number of fused-ring (bicyclic) bond motifs is 1. The quantitative estimate of drug-likeness (QED) is 0.848. The van der Waals surface area contributed by atoms with Crippen LogP contribution in [0.15, 0.2) is 41.2 Å². The van der Waals surface area contributed by atoms with Crippen molar-refractivity contribution in [3.05, 3.63) is 63.6 Å². The first-order valence-corrected chi connectivity index (χ1v) is 7.53. The van der Waals surface area contributed by atoms with Crippen molar-refractivity contribution in [1.29, 1.82) is 0 Å². The molecule has 3 rings (SSSR count). The van der Waals surface area contributed by atoms with Crippen molar-refractivity contribution in [3.63, 3.8) is 0 Å².